The molecule has 0 radical (unpaired) electrons. The lowest BCUT2D eigenvalue weighted by Gasteiger charge is -2.94. The Morgan fingerprint density at radius 3 is 2.38 bits per heavy atom. The minimum Gasteiger partial charge on any atom is -0.369 e. The first kappa shape index (κ1) is 16.5. The van der Waals surface area contributed by atoms with E-state index in [1.807, 2.05) is 0 Å². The number of fused-ring (bicyclic) bond motifs is 2. The number of hydrogen-bond acceptors (Lipinski definition) is 4. The molecule has 13 fully saturated rings. The Labute approximate surface area is 197 Å². The van der Waals surface area contributed by atoms with Gasteiger partial charge < -0.3 is 9.47 Å². The van der Waals surface area contributed by atoms with Crippen molar-refractivity contribution in [2.45, 2.75) is 49.1 Å². The Morgan fingerprint density at radius 1 is 0.647 bits per heavy atom. The number of ether oxygens (including phenoxy) is 2. The number of allylic oxidation sites excluding steroid dienone is 3. The Morgan fingerprint density at radius 2 is 1.44 bits per heavy atom. The Hall–Kier alpha value is -1.26. The van der Waals surface area contributed by atoms with Crippen LogP contribution in [0.2, 0.25) is 0 Å². The summed E-state index contributed by atoms with van der Waals surface area (Å²) in [5, 5.41) is 0. The van der Waals surface area contributed by atoms with E-state index in [-0.39, 0.29) is 46.1 Å². The predicted octanol–water partition coefficient (Wildman–Crippen LogP) is 2.82. The molecule has 172 valence electrons. The second-order valence-electron chi connectivity index (χ2n) is 15.1. The predicted molar refractivity (Wildman–Crippen MR) is 116 cm³/mol. The van der Waals surface area contributed by atoms with Crippen LogP contribution < -0.4 is 0 Å². The first-order chi connectivity index (χ1) is 16.7. The molecule has 4 spiro atoms. The molecule has 14 aliphatic carbocycles. The van der Waals surface area contributed by atoms with Gasteiger partial charge in [0.2, 0.25) is 0 Å². The molecule has 11 saturated carbocycles. The Balaban J connectivity index is 1.06. The maximum Gasteiger partial charge on any atom is 0.151 e. The van der Waals surface area contributed by atoms with Crippen LogP contribution in [0.4, 0.5) is 0 Å². The number of ketones is 2. The lowest BCUT2D eigenvalue weighted by atomic mass is 9.14. The van der Waals surface area contributed by atoms with Crippen molar-refractivity contribution in [3.8, 4) is 0 Å². The van der Waals surface area contributed by atoms with E-state index in [1.54, 1.807) is 0 Å². The van der Waals surface area contributed by atoms with Crippen molar-refractivity contribution in [1.29, 1.82) is 0 Å². The second-order valence-corrected chi connectivity index (χ2v) is 15.1. The monoisotopic (exact) mass is 452 g/mol. The van der Waals surface area contributed by atoms with Crippen LogP contribution in [0.1, 0.15) is 25.7 Å². The van der Waals surface area contributed by atoms with Crippen molar-refractivity contribution >= 4 is 11.6 Å². The molecule has 14 bridgehead atoms. The van der Waals surface area contributed by atoms with Gasteiger partial charge in [-0.05, 0) is 78.9 Å². The largest absolute Gasteiger partial charge is 0.369 e. The number of hydrogen-bond donors (Lipinski definition) is 0. The maximum absolute atomic E-state index is 14.1. The fourth-order valence-corrected chi connectivity index (χ4v) is 16.4. The van der Waals surface area contributed by atoms with Gasteiger partial charge in [-0.25, -0.2) is 0 Å². The van der Waals surface area contributed by atoms with Crippen LogP contribution in [0.3, 0.4) is 0 Å². The molecule has 0 aromatic heterocycles. The van der Waals surface area contributed by atoms with Crippen LogP contribution in [0, 0.1) is 93.7 Å². The Bertz CT molecular complexity index is 1330. The zero-order valence-electron chi connectivity index (χ0n) is 19.0. The molecule has 0 amide bonds. The van der Waals surface area contributed by atoms with E-state index < -0.39 is 0 Å². The summed E-state index contributed by atoms with van der Waals surface area (Å²) in [7, 11) is 0. The first-order valence-electron chi connectivity index (χ1n) is 14.5. The normalized spacial score (nSPS) is 81.8. The first-order valence-corrected chi connectivity index (χ1v) is 14.5. The topological polar surface area (TPSA) is 52.6 Å². The molecule has 2 aliphatic heterocycles. The lowest BCUT2D eigenvalue weighted by molar-refractivity contribution is -0.517. The molecule has 4 nitrogen and oxygen atoms in total. The molecule has 4 heteroatoms. The summed E-state index contributed by atoms with van der Waals surface area (Å²) in [5.74, 6) is 7.92. The molecule has 16 aliphatic rings. The highest BCUT2D eigenvalue weighted by Crippen LogP contribution is 2.94. The van der Waals surface area contributed by atoms with E-state index in [0.717, 1.165) is 0 Å². The third-order valence-corrected chi connectivity index (χ3v) is 16.0. The van der Waals surface area contributed by atoms with Gasteiger partial charge >= 0.3 is 0 Å². The lowest BCUT2D eigenvalue weighted by Crippen LogP contribution is -3.02. The van der Waals surface area contributed by atoms with Crippen molar-refractivity contribution in [3.63, 3.8) is 0 Å². The van der Waals surface area contributed by atoms with E-state index >= 15 is 0 Å². The molecular formula is C30H28O4. The summed E-state index contributed by atoms with van der Waals surface area (Å²) < 4.78 is 14.2. The van der Waals surface area contributed by atoms with Crippen molar-refractivity contribution in [2.24, 2.45) is 93.7 Å². The average molecular weight is 453 g/mol. The highest BCUT2D eigenvalue weighted by Gasteiger charge is 3.01. The molecule has 34 heavy (non-hydrogen) atoms. The molecule has 20 atom stereocenters. The summed E-state index contributed by atoms with van der Waals surface area (Å²) in [6.07, 6.45) is 15.5. The minimum atomic E-state index is -0.314. The third-order valence-electron chi connectivity index (χ3n) is 16.0. The van der Waals surface area contributed by atoms with Gasteiger partial charge in [-0.1, -0.05) is 24.3 Å². The van der Waals surface area contributed by atoms with Crippen LogP contribution in [-0.4, -0.2) is 35.0 Å². The smallest absolute Gasteiger partial charge is 0.151 e. The van der Waals surface area contributed by atoms with Gasteiger partial charge in [-0.2, -0.15) is 0 Å². The van der Waals surface area contributed by atoms with Crippen LogP contribution in [0.5, 0.6) is 0 Å². The molecule has 2 heterocycles. The fourth-order valence-electron chi connectivity index (χ4n) is 16.4. The van der Waals surface area contributed by atoms with Crippen LogP contribution in [0.15, 0.2) is 24.3 Å². The SMILES string of the molecule is O=C1[C@H]2[C@@H]3O[C@]45C6C7C=CC(C6[C@]14[C@H]2CC[C@H]35)[C@@H]1C=C[C@]23C(=O)[C@H]4[C@@H]5O[C@]2(C2C3[C@H]4CC[C@@H]25)[C@H]71. The molecular weight excluding hydrogens is 424 g/mol. The molecule has 0 aromatic carbocycles. The summed E-state index contributed by atoms with van der Waals surface area (Å²) in [6, 6.07) is 0. The summed E-state index contributed by atoms with van der Waals surface area (Å²) in [6.45, 7) is 0. The molecule has 0 aromatic rings. The van der Waals surface area contributed by atoms with Crippen molar-refractivity contribution in [3.05, 3.63) is 24.3 Å². The Kier molecular flexibility index (Phi) is 1.93. The standard InChI is InChI=1S/C30H28O4/c31-25-16-11-2-4-13-22-19(11)27(25)8-7-10-9-1-3-12(18(10)30(22,27)33-23(13)16)21-20(9)28-14-5-6-15-24(17(14)26(28)32)34-29(15,21)28/h1,3,7-24H,2,4-6H2/t9?,10-,11-,12?,13-,14-,15+,16+,17+,18-,19?,20?,21?,22?,23+,24+,27-,28+,29+,30-/m0/s1. The maximum atomic E-state index is 14.1. The zero-order valence-corrected chi connectivity index (χ0v) is 19.0. The van der Waals surface area contributed by atoms with Gasteiger partial charge in [0.1, 0.15) is 5.78 Å². The highest BCUT2D eigenvalue weighted by atomic mass is 16.6. The van der Waals surface area contributed by atoms with Crippen LogP contribution in [0.25, 0.3) is 0 Å². The number of Topliss-reactive ketones (excluding diaryl/α,β-unsaturated/α-hetero) is 2. The van der Waals surface area contributed by atoms with Gasteiger partial charge in [0.15, 0.2) is 5.78 Å². The van der Waals surface area contributed by atoms with Crippen molar-refractivity contribution < 1.29 is 19.1 Å². The van der Waals surface area contributed by atoms with Gasteiger partial charge in [-0.3, -0.25) is 9.59 Å². The fraction of sp³-hybridized carbons (Fsp3) is 0.800. The van der Waals surface area contributed by atoms with Crippen molar-refractivity contribution in [2.75, 3.05) is 0 Å². The van der Waals surface area contributed by atoms with Gasteiger partial charge in [0, 0.05) is 29.6 Å². The summed E-state index contributed by atoms with van der Waals surface area (Å²) >= 11 is 0. The highest BCUT2D eigenvalue weighted by molar-refractivity contribution is 6.01. The summed E-state index contributed by atoms with van der Waals surface area (Å²) in [4.78, 5) is 27.9. The average Bonchev–Trinajstić information content (AvgIpc) is 3.10. The zero-order chi connectivity index (χ0) is 21.5. The van der Waals surface area contributed by atoms with Gasteiger partial charge in [0.05, 0.1) is 34.2 Å². The van der Waals surface area contributed by atoms with Gasteiger partial charge in [-0.15, -0.1) is 0 Å². The van der Waals surface area contributed by atoms with Crippen LogP contribution in [-0.2, 0) is 19.1 Å². The minimum absolute atomic E-state index is 0.148. The third kappa shape index (κ3) is 0.944. The molecule has 16 rings (SSSR count). The molecule has 0 N–H and O–H groups in total. The van der Waals surface area contributed by atoms with E-state index in [2.05, 4.69) is 24.3 Å². The van der Waals surface area contributed by atoms with E-state index in [0.29, 0.717) is 82.6 Å². The van der Waals surface area contributed by atoms with Crippen molar-refractivity contribution in [1.82, 2.24) is 0 Å². The van der Waals surface area contributed by atoms with E-state index in [9.17, 15) is 9.59 Å². The van der Waals surface area contributed by atoms with Crippen LogP contribution >= 0.6 is 0 Å². The number of carbonyl (C=O) groups is 2. The molecule has 2 saturated heterocycles. The summed E-state index contributed by atoms with van der Waals surface area (Å²) in [5.41, 5.74) is -0.852. The van der Waals surface area contributed by atoms with E-state index in [4.69, 9.17) is 9.47 Å². The molecule has 6 unspecified atom stereocenters. The number of rotatable bonds is 0. The van der Waals surface area contributed by atoms with Gasteiger partial charge in [0.25, 0.3) is 0 Å². The second kappa shape index (κ2) is 3.99. The van der Waals surface area contributed by atoms with E-state index in [1.165, 1.54) is 25.7 Å². The quantitative estimate of drug-likeness (QED) is 0.531. The number of carbonyl (C=O) groups excluding carboxylic acids is 2.